The fourth-order valence-electron chi connectivity index (χ4n) is 4.98. The first kappa shape index (κ1) is 21.2. The summed E-state index contributed by atoms with van der Waals surface area (Å²) in [7, 11) is 4.68. The average molecular weight is 398 g/mol. The molecule has 1 saturated carbocycles. The smallest absolute Gasteiger partial charge is 0.203 e. The number of benzene rings is 1. The lowest BCUT2D eigenvalue weighted by molar-refractivity contribution is -0.113. The largest absolute Gasteiger partial charge is 0.493 e. The number of rotatable bonds is 6. The number of aliphatic hydroxyl groups excluding tert-OH is 1. The van der Waals surface area contributed by atoms with Crippen molar-refractivity contribution in [2.75, 3.05) is 21.3 Å². The van der Waals surface area contributed by atoms with E-state index in [1.807, 2.05) is 25.1 Å². The molecule has 0 amide bonds. The van der Waals surface area contributed by atoms with Gasteiger partial charge in [-0.15, -0.1) is 6.58 Å². The van der Waals surface area contributed by atoms with Crippen LogP contribution < -0.4 is 14.2 Å². The Morgan fingerprint density at radius 2 is 1.93 bits per heavy atom. The van der Waals surface area contributed by atoms with Gasteiger partial charge in [0.1, 0.15) is 0 Å². The summed E-state index contributed by atoms with van der Waals surface area (Å²) in [6, 6.07) is 3.64. The number of hydrogen-bond acceptors (Lipinski definition) is 5. The van der Waals surface area contributed by atoms with E-state index in [2.05, 4.69) is 6.58 Å². The second-order valence-electron chi connectivity index (χ2n) is 7.72. The highest BCUT2D eigenvalue weighted by Gasteiger charge is 2.51. The lowest BCUT2D eigenvalue weighted by Gasteiger charge is -2.50. The van der Waals surface area contributed by atoms with E-state index in [0.717, 1.165) is 30.4 Å². The summed E-state index contributed by atoms with van der Waals surface area (Å²) in [5.41, 5.74) is 1.95. The number of carbonyl (C=O) groups is 1. The van der Waals surface area contributed by atoms with Crippen LogP contribution in [0.5, 0.6) is 17.2 Å². The normalized spacial score (nSPS) is 27.8. The van der Waals surface area contributed by atoms with Gasteiger partial charge in [0, 0.05) is 16.6 Å². The highest BCUT2D eigenvalue weighted by molar-refractivity contribution is 6.09. The Morgan fingerprint density at radius 3 is 2.55 bits per heavy atom. The van der Waals surface area contributed by atoms with Crippen molar-refractivity contribution < 1.29 is 24.1 Å². The number of allylic oxidation sites excluding steroid dienone is 3. The molecule has 29 heavy (non-hydrogen) atoms. The standard InChI is InChI=1S/C24H30O5/c1-6-12-24-15(2)18(19(25)14-17(24)8-7-9-21(24)26)13-16-10-11-20(27-3)23(29-5)22(16)28-4/h6,10-11,13-15,21,26H,1,7-9,12H2,2-5H3/t15-,21-,24-/m0/s1. The van der Waals surface area contributed by atoms with Crippen LogP contribution in [0.1, 0.15) is 38.2 Å². The van der Waals surface area contributed by atoms with Gasteiger partial charge in [0.15, 0.2) is 17.3 Å². The van der Waals surface area contributed by atoms with Crippen LogP contribution in [0.3, 0.4) is 0 Å². The second-order valence-corrected chi connectivity index (χ2v) is 7.72. The summed E-state index contributed by atoms with van der Waals surface area (Å²) < 4.78 is 16.4. The van der Waals surface area contributed by atoms with Crippen LogP contribution in [0.15, 0.2) is 42.0 Å². The van der Waals surface area contributed by atoms with Crippen molar-refractivity contribution in [3.05, 3.63) is 47.6 Å². The van der Waals surface area contributed by atoms with Crippen LogP contribution in [0.2, 0.25) is 0 Å². The van der Waals surface area contributed by atoms with Gasteiger partial charge in [0.25, 0.3) is 0 Å². The van der Waals surface area contributed by atoms with Crippen LogP contribution >= 0.6 is 0 Å². The van der Waals surface area contributed by atoms with Gasteiger partial charge in [-0.1, -0.05) is 18.6 Å². The Morgan fingerprint density at radius 1 is 1.21 bits per heavy atom. The van der Waals surface area contributed by atoms with Crippen LogP contribution in [0, 0.1) is 11.3 Å². The van der Waals surface area contributed by atoms with Gasteiger partial charge >= 0.3 is 0 Å². The Balaban J connectivity index is 2.17. The second kappa shape index (κ2) is 8.46. The summed E-state index contributed by atoms with van der Waals surface area (Å²) >= 11 is 0. The minimum absolute atomic E-state index is 0.0156. The molecular formula is C24H30O5. The first-order valence-corrected chi connectivity index (χ1v) is 9.99. The maximum Gasteiger partial charge on any atom is 0.203 e. The lowest BCUT2D eigenvalue weighted by atomic mass is 9.55. The number of methoxy groups -OCH3 is 3. The molecule has 0 unspecified atom stereocenters. The Labute approximate surface area is 172 Å². The minimum Gasteiger partial charge on any atom is -0.493 e. The zero-order valence-corrected chi connectivity index (χ0v) is 17.7. The molecule has 0 spiro atoms. The molecule has 0 aliphatic heterocycles. The topological polar surface area (TPSA) is 65.0 Å². The van der Waals surface area contributed by atoms with Gasteiger partial charge in [-0.25, -0.2) is 0 Å². The van der Waals surface area contributed by atoms with Gasteiger partial charge < -0.3 is 19.3 Å². The first-order valence-electron chi connectivity index (χ1n) is 9.99. The van der Waals surface area contributed by atoms with Gasteiger partial charge in [0.2, 0.25) is 5.75 Å². The highest BCUT2D eigenvalue weighted by Crippen LogP contribution is 2.54. The fraction of sp³-hybridized carbons (Fsp3) is 0.458. The number of ketones is 1. The van der Waals surface area contributed by atoms with Crippen molar-refractivity contribution in [1.82, 2.24) is 0 Å². The van der Waals surface area contributed by atoms with E-state index in [-0.39, 0.29) is 11.7 Å². The molecule has 2 aliphatic rings. The predicted octanol–water partition coefficient (Wildman–Crippen LogP) is 4.35. The van der Waals surface area contributed by atoms with Gasteiger partial charge in [-0.2, -0.15) is 0 Å². The summed E-state index contributed by atoms with van der Waals surface area (Å²) in [4.78, 5) is 13.0. The molecule has 3 atom stereocenters. The molecule has 0 heterocycles. The molecule has 156 valence electrons. The van der Waals surface area contributed by atoms with Crippen LogP contribution in [0.4, 0.5) is 0 Å². The molecule has 0 bridgehead atoms. The van der Waals surface area contributed by atoms with Crippen molar-refractivity contribution in [3.63, 3.8) is 0 Å². The van der Waals surface area contributed by atoms with Crippen LogP contribution in [0.25, 0.3) is 6.08 Å². The number of aliphatic hydroxyl groups is 1. The molecule has 1 aromatic carbocycles. The van der Waals surface area contributed by atoms with E-state index >= 15 is 0 Å². The van der Waals surface area contributed by atoms with E-state index < -0.39 is 11.5 Å². The maximum atomic E-state index is 13.0. The molecule has 0 saturated heterocycles. The van der Waals surface area contributed by atoms with E-state index in [9.17, 15) is 9.90 Å². The van der Waals surface area contributed by atoms with E-state index in [1.165, 1.54) is 0 Å². The molecule has 1 fully saturated rings. The number of fused-ring (bicyclic) bond motifs is 1. The number of ether oxygens (including phenoxy) is 3. The van der Waals surface area contributed by atoms with Crippen LogP contribution in [-0.2, 0) is 4.79 Å². The first-order chi connectivity index (χ1) is 13.9. The number of carbonyl (C=O) groups excluding carboxylic acids is 1. The molecule has 1 N–H and O–H groups in total. The fourth-order valence-corrected chi connectivity index (χ4v) is 4.98. The summed E-state index contributed by atoms with van der Waals surface area (Å²) in [6.07, 6.45) is 8.04. The van der Waals surface area contributed by atoms with Gasteiger partial charge in [-0.05, 0) is 55.9 Å². The SMILES string of the molecule is C=CC[C@@]12C(=CC(=O)C(=Cc3ccc(OC)c(OC)c3OC)[C@@H]1C)CCC[C@@H]2O. The highest BCUT2D eigenvalue weighted by atomic mass is 16.5. The molecule has 3 rings (SSSR count). The molecular weight excluding hydrogens is 368 g/mol. The van der Waals surface area contributed by atoms with Gasteiger partial charge in [-0.3, -0.25) is 4.79 Å². The number of hydrogen-bond donors (Lipinski definition) is 1. The van der Waals surface area contributed by atoms with Crippen molar-refractivity contribution in [2.24, 2.45) is 11.3 Å². The van der Waals surface area contributed by atoms with Crippen molar-refractivity contribution in [2.45, 2.75) is 38.7 Å². The third-order valence-electron chi connectivity index (χ3n) is 6.47. The molecule has 2 aliphatic carbocycles. The van der Waals surface area contributed by atoms with Crippen molar-refractivity contribution in [3.8, 4) is 17.2 Å². The van der Waals surface area contributed by atoms with Crippen LogP contribution in [-0.4, -0.2) is 38.3 Å². The molecule has 0 aromatic heterocycles. The zero-order chi connectivity index (χ0) is 21.2. The third-order valence-corrected chi connectivity index (χ3v) is 6.47. The monoisotopic (exact) mass is 398 g/mol. The Hall–Kier alpha value is -2.53. The Kier molecular flexibility index (Phi) is 6.18. The molecule has 5 heteroatoms. The summed E-state index contributed by atoms with van der Waals surface area (Å²) in [6.45, 7) is 5.94. The average Bonchev–Trinajstić information content (AvgIpc) is 2.72. The van der Waals surface area contributed by atoms with E-state index in [0.29, 0.717) is 29.2 Å². The van der Waals surface area contributed by atoms with Crippen molar-refractivity contribution in [1.29, 1.82) is 0 Å². The quantitative estimate of drug-likeness (QED) is 0.570. The van der Waals surface area contributed by atoms with E-state index in [4.69, 9.17) is 14.2 Å². The zero-order valence-electron chi connectivity index (χ0n) is 17.7. The minimum atomic E-state index is -0.501. The Bertz CT molecular complexity index is 866. The summed E-state index contributed by atoms with van der Waals surface area (Å²) in [5, 5.41) is 11.0. The molecule has 5 nitrogen and oxygen atoms in total. The van der Waals surface area contributed by atoms with Crippen molar-refractivity contribution >= 4 is 11.9 Å². The van der Waals surface area contributed by atoms with E-state index in [1.54, 1.807) is 33.5 Å². The summed E-state index contributed by atoms with van der Waals surface area (Å²) in [5.74, 6) is 1.38. The van der Waals surface area contributed by atoms with Gasteiger partial charge in [0.05, 0.1) is 27.4 Å². The maximum absolute atomic E-state index is 13.0. The third kappa shape index (κ3) is 3.38. The lowest BCUT2D eigenvalue weighted by Crippen LogP contribution is -2.48. The molecule has 1 aromatic rings. The predicted molar refractivity (Wildman–Crippen MR) is 113 cm³/mol. The molecule has 0 radical (unpaired) electrons.